The first-order valence-electron chi connectivity index (χ1n) is 9.53. The molecule has 2 heterocycles. The van der Waals surface area contributed by atoms with Gasteiger partial charge in [0.15, 0.2) is 17.3 Å². The topological polar surface area (TPSA) is 87.3 Å². The summed E-state index contributed by atoms with van der Waals surface area (Å²) in [5.74, 6) is 0.588. The Morgan fingerprint density at radius 1 is 1.23 bits per heavy atom. The molecule has 0 radical (unpaired) electrons. The fraction of sp³-hybridized carbons (Fsp3) is 0.182. The summed E-state index contributed by atoms with van der Waals surface area (Å²) in [6.07, 6.45) is 2.32. The number of fused-ring (bicyclic) bond motifs is 1. The highest BCUT2D eigenvalue weighted by molar-refractivity contribution is 8.26. The molecule has 0 saturated carbocycles. The van der Waals surface area contributed by atoms with Gasteiger partial charge in [-0.2, -0.15) is 15.1 Å². The quantitative estimate of drug-likeness (QED) is 0.623. The Morgan fingerprint density at radius 2 is 2.03 bits per heavy atom. The molecule has 2 aliphatic rings. The van der Waals surface area contributed by atoms with Gasteiger partial charge in [-0.15, -0.1) is 0 Å². The number of amidine groups is 2. The molecule has 0 bridgehead atoms. The number of hydrogen-bond acceptors (Lipinski definition) is 6. The van der Waals surface area contributed by atoms with Crippen LogP contribution in [-0.4, -0.2) is 34.1 Å². The molecule has 0 saturated heterocycles. The van der Waals surface area contributed by atoms with Crippen LogP contribution < -0.4 is 9.47 Å². The third kappa shape index (κ3) is 4.35. The second-order valence-electron chi connectivity index (χ2n) is 6.66. The van der Waals surface area contributed by atoms with Gasteiger partial charge in [-0.3, -0.25) is 10.2 Å². The van der Waals surface area contributed by atoms with Crippen molar-refractivity contribution in [3.8, 4) is 11.5 Å². The molecule has 1 amide bonds. The molecule has 31 heavy (non-hydrogen) atoms. The number of halogens is 1. The molecule has 0 fully saturated rings. The Labute approximate surface area is 188 Å². The monoisotopic (exact) mass is 454 g/mol. The van der Waals surface area contributed by atoms with Gasteiger partial charge in [-0.05, 0) is 48.0 Å². The summed E-state index contributed by atoms with van der Waals surface area (Å²) >= 11 is 7.50. The van der Waals surface area contributed by atoms with Crippen LogP contribution in [-0.2, 0) is 11.4 Å². The first-order valence-corrected chi connectivity index (χ1v) is 10.7. The minimum absolute atomic E-state index is 0.00367. The smallest absolute Gasteiger partial charge is 0.283 e. The van der Waals surface area contributed by atoms with Crippen molar-refractivity contribution < 1.29 is 14.3 Å². The van der Waals surface area contributed by atoms with Crippen LogP contribution in [0.4, 0.5) is 0 Å². The van der Waals surface area contributed by atoms with Crippen molar-refractivity contribution in [3.63, 3.8) is 0 Å². The fourth-order valence-electron chi connectivity index (χ4n) is 3.01. The Morgan fingerprint density at radius 3 is 2.77 bits per heavy atom. The van der Waals surface area contributed by atoms with Crippen molar-refractivity contribution in [1.82, 2.24) is 5.01 Å². The van der Waals surface area contributed by atoms with Crippen LogP contribution in [0.25, 0.3) is 6.08 Å². The van der Waals surface area contributed by atoms with Gasteiger partial charge in [-0.25, -0.2) is 0 Å². The van der Waals surface area contributed by atoms with Crippen molar-refractivity contribution >= 4 is 51.4 Å². The lowest BCUT2D eigenvalue weighted by molar-refractivity contribution is -0.114. The second kappa shape index (κ2) is 8.95. The number of nitrogens with zero attached hydrogens (tertiary/aromatic N) is 3. The van der Waals surface area contributed by atoms with Crippen LogP contribution in [0.1, 0.15) is 24.5 Å². The van der Waals surface area contributed by atoms with E-state index >= 15 is 0 Å². The third-order valence-corrected chi connectivity index (χ3v) is 6.06. The molecule has 2 aromatic carbocycles. The minimum Gasteiger partial charge on any atom is -0.493 e. The van der Waals surface area contributed by atoms with E-state index in [0.29, 0.717) is 40.3 Å². The molecule has 0 unspecified atom stereocenters. The predicted molar refractivity (Wildman–Crippen MR) is 124 cm³/mol. The van der Waals surface area contributed by atoms with Crippen LogP contribution in [0.5, 0.6) is 11.5 Å². The predicted octanol–water partition coefficient (Wildman–Crippen LogP) is 4.96. The maximum Gasteiger partial charge on any atom is 0.283 e. The normalized spacial score (nSPS) is 16.9. The van der Waals surface area contributed by atoms with Gasteiger partial charge < -0.3 is 9.47 Å². The average molecular weight is 455 g/mol. The van der Waals surface area contributed by atoms with Crippen molar-refractivity contribution in [2.45, 2.75) is 20.0 Å². The molecule has 4 rings (SSSR count). The summed E-state index contributed by atoms with van der Waals surface area (Å²) in [6, 6.07) is 12.8. The highest BCUT2D eigenvalue weighted by Gasteiger charge is 2.35. The molecule has 2 aromatic rings. The number of carbonyl (C=O) groups is 1. The highest BCUT2D eigenvalue weighted by Crippen LogP contribution is 2.32. The molecule has 9 heteroatoms. The standard InChI is InChI=1S/C22H19ClN4O3S/c1-3-19-26-27-20(24)15(21(28)25-22(27)31-19)10-13-8-9-17(18(11-13)29-2)30-12-14-6-4-5-7-16(14)23/h4-11,24H,3,12H2,1-2H3/b15-10-,24-20?. The van der Waals surface area contributed by atoms with Gasteiger partial charge in [0, 0.05) is 10.6 Å². The molecule has 0 atom stereocenters. The largest absolute Gasteiger partial charge is 0.493 e. The highest BCUT2D eigenvalue weighted by atomic mass is 35.5. The zero-order valence-corrected chi connectivity index (χ0v) is 18.5. The number of aliphatic imine (C=N–C) groups is 1. The maximum atomic E-state index is 12.5. The molecule has 0 spiro atoms. The average Bonchev–Trinajstić information content (AvgIpc) is 3.19. The Hall–Kier alpha value is -3.10. The Bertz CT molecular complexity index is 1160. The first-order chi connectivity index (χ1) is 15.0. The number of benzene rings is 2. The zero-order valence-electron chi connectivity index (χ0n) is 16.9. The zero-order chi connectivity index (χ0) is 22.0. The van der Waals surface area contributed by atoms with Crippen LogP contribution >= 0.6 is 23.4 Å². The van der Waals surface area contributed by atoms with Gasteiger partial charge in [0.2, 0.25) is 5.17 Å². The summed E-state index contributed by atoms with van der Waals surface area (Å²) in [7, 11) is 1.54. The SMILES string of the molecule is CCC1=NN2C(=N)/C(=C/c3ccc(OCc4ccccc4Cl)c(OC)c3)C(=O)N=C2S1. The summed E-state index contributed by atoms with van der Waals surface area (Å²) in [5, 5.41) is 16.0. The van der Waals surface area contributed by atoms with Gasteiger partial charge in [0.05, 0.1) is 12.7 Å². The number of methoxy groups -OCH3 is 1. The lowest BCUT2D eigenvalue weighted by Gasteiger charge is -2.20. The summed E-state index contributed by atoms with van der Waals surface area (Å²) < 4.78 is 11.3. The molecule has 2 aliphatic heterocycles. The van der Waals surface area contributed by atoms with Crippen LogP contribution in [0.2, 0.25) is 5.02 Å². The minimum atomic E-state index is -0.464. The molecule has 7 nitrogen and oxygen atoms in total. The molecular weight excluding hydrogens is 436 g/mol. The second-order valence-corrected chi connectivity index (χ2v) is 8.11. The van der Waals surface area contributed by atoms with E-state index in [1.807, 2.05) is 31.2 Å². The number of nitrogens with one attached hydrogen (secondary N) is 1. The third-order valence-electron chi connectivity index (χ3n) is 4.64. The number of rotatable bonds is 6. The van der Waals surface area contributed by atoms with E-state index in [0.717, 1.165) is 10.6 Å². The first kappa shape index (κ1) is 21.1. The molecular formula is C22H19ClN4O3S. The molecule has 0 aromatic heterocycles. The van der Waals surface area contributed by atoms with E-state index < -0.39 is 5.91 Å². The lowest BCUT2D eigenvalue weighted by Crippen LogP contribution is -2.35. The number of hydrogen-bond donors (Lipinski definition) is 1. The van der Waals surface area contributed by atoms with Crippen molar-refractivity contribution in [3.05, 3.63) is 64.2 Å². The number of ether oxygens (including phenoxy) is 2. The lowest BCUT2D eigenvalue weighted by atomic mass is 10.1. The molecule has 158 valence electrons. The van der Waals surface area contributed by atoms with E-state index in [1.165, 1.54) is 16.8 Å². The molecule has 0 aliphatic carbocycles. The van der Waals surface area contributed by atoms with Crippen molar-refractivity contribution in [2.24, 2.45) is 10.1 Å². The van der Waals surface area contributed by atoms with Crippen molar-refractivity contribution in [2.75, 3.05) is 7.11 Å². The van der Waals surface area contributed by atoms with Gasteiger partial charge in [0.1, 0.15) is 11.7 Å². The molecule has 1 N–H and O–H groups in total. The van der Waals surface area contributed by atoms with Crippen molar-refractivity contribution in [1.29, 1.82) is 5.41 Å². The summed E-state index contributed by atoms with van der Waals surface area (Å²) in [4.78, 5) is 16.6. The number of amides is 1. The van der Waals surface area contributed by atoms with E-state index in [4.69, 9.17) is 26.5 Å². The summed E-state index contributed by atoms with van der Waals surface area (Å²) in [6.45, 7) is 2.26. The van der Waals surface area contributed by atoms with Gasteiger partial charge in [-0.1, -0.05) is 42.8 Å². The van der Waals surface area contributed by atoms with Gasteiger partial charge >= 0.3 is 0 Å². The van der Waals surface area contributed by atoms with Crippen LogP contribution in [0.3, 0.4) is 0 Å². The van der Waals surface area contributed by atoms with E-state index in [-0.39, 0.29) is 11.4 Å². The number of hydrazone groups is 1. The van der Waals surface area contributed by atoms with E-state index in [2.05, 4.69) is 10.1 Å². The van der Waals surface area contributed by atoms with Gasteiger partial charge in [0.25, 0.3) is 5.91 Å². The fourth-order valence-corrected chi connectivity index (χ4v) is 4.02. The number of carbonyl (C=O) groups excluding carboxylic acids is 1. The maximum absolute atomic E-state index is 12.5. The Balaban J connectivity index is 1.57. The number of thioether (sulfide) groups is 1. The van der Waals surface area contributed by atoms with Crippen LogP contribution in [0.15, 0.2) is 58.1 Å². The Kier molecular flexibility index (Phi) is 6.11. The van der Waals surface area contributed by atoms with E-state index in [9.17, 15) is 4.79 Å². The van der Waals surface area contributed by atoms with Crippen LogP contribution in [0, 0.1) is 5.41 Å². The summed E-state index contributed by atoms with van der Waals surface area (Å²) in [5.41, 5.74) is 1.71. The van der Waals surface area contributed by atoms with E-state index in [1.54, 1.807) is 31.4 Å².